The molecule has 0 saturated carbocycles. The highest BCUT2D eigenvalue weighted by Crippen LogP contribution is 2.25. The summed E-state index contributed by atoms with van der Waals surface area (Å²) in [4.78, 5) is 0. The number of nitrogens with zero attached hydrogens (tertiary/aromatic N) is 1. The molecular formula is C13H15ClN2O2. The smallest absolute Gasteiger partial charge is 0.163 e. The third kappa shape index (κ3) is 3.14. The Morgan fingerprint density at radius 2 is 2.33 bits per heavy atom. The average molecular weight is 267 g/mol. The lowest BCUT2D eigenvalue weighted by Crippen LogP contribution is -2.26. The van der Waals surface area contributed by atoms with Crippen molar-refractivity contribution < 1.29 is 9.47 Å². The molecule has 0 radical (unpaired) electrons. The maximum atomic E-state index is 8.75. The summed E-state index contributed by atoms with van der Waals surface area (Å²) in [6, 6.07) is 7.20. The van der Waals surface area contributed by atoms with Crippen LogP contribution < -0.4 is 5.32 Å². The lowest BCUT2D eigenvalue weighted by Gasteiger charge is -2.17. The maximum Gasteiger partial charge on any atom is 0.163 e. The molecule has 5 heteroatoms. The highest BCUT2D eigenvalue weighted by Gasteiger charge is 2.32. The van der Waals surface area contributed by atoms with E-state index in [9.17, 15) is 0 Å². The first-order valence-electron chi connectivity index (χ1n) is 5.75. The minimum absolute atomic E-state index is 0.00621. The Hall–Kier alpha value is -1.28. The van der Waals surface area contributed by atoms with Gasteiger partial charge in [-0.25, -0.2) is 0 Å². The predicted molar refractivity (Wildman–Crippen MR) is 69.6 cm³/mol. The molecule has 18 heavy (non-hydrogen) atoms. The van der Waals surface area contributed by atoms with E-state index in [0.717, 1.165) is 5.69 Å². The first kappa shape index (κ1) is 13.2. The molecule has 1 aromatic carbocycles. The fourth-order valence-corrected chi connectivity index (χ4v) is 2.06. The van der Waals surface area contributed by atoms with E-state index in [2.05, 4.69) is 5.32 Å². The predicted octanol–water partition coefficient (Wildman–Crippen LogP) is 2.78. The zero-order valence-corrected chi connectivity index (χ0v) is 11.1. The monoisotopic (exact) mass is 266 g/mol. The van der Waals surface area contributed by atoms with E-state index in [0.29, 0.717) is 23.7 Å². The summed E-state index contributed by atoms with van der Waals surface area (Å²) in [5, 5.41) is 12.5. The van der Waals surface area contributed by atoms with Gasteiger partial charge in [-0.3, -0.25) is 0 Å². The molecule has 96 valence electrons. The number of hydrogen-bond acceptors (Lipinski definition) is 4. The van der Waals surface area contributed by atoms with Gasteiger partial charge in [0.1, 0.15) is 6.10 Å². The molecule has 0 bridgehead atoms. The van der Waals surface area contributed by atoms with Crippen molar-refractivity contribution >= 4 is 17.3 Å². The van der Waals surface area contributed by atoms with Gasteiger partial charge in [-0.15, -0.1) is 0 Å². The fourth-order valence-electron chi connectivity index (χ4n) is 1.82. The normalized spacial score (nSPS) is 21.6. The van der Waals surface area contributed by atoms with Crippen molar-refractivity contribution in [2.75, 3.05) is 18.5 Å². The van der Waals surface area contributed by atoms with Gasteiger partial charge in [0.05, 0.1) is 28.9 Å². The van der Waals surface area contributed by atoms with E-state index in [1.807, 2.05) is 19.9 Å². The van der Waals surface area contributed by atoms with Crippen molar-refractivity contribution in [3.8, 4) is 6.07 Å². The van der Waals surface area contributed by atoms with Gasteiger partial charge in [-0.2, -0.15) is 5.26 Å². The molecule has 1 N–H and O–H groups in total. The largest absolute Gasteiger partial charge is 0.381 e. The zero-order valence-electron chi connectivity index (χ0n) is 10.4. The lowest BCUT2D eigenvalue weighted by molar-refractivity contribution is -0.136. The van der Waals surface area contributed by atoms with Crippen LogP contribution in [0.15, 0.2) is 18.2 Å². The Morgan fingerprint density at radius 3 is 2.89 bits per heavy atom. The van der Waals surface area contributed by atoms with Crippen LogP contribution in [-0.2, 0) is 9.47 Å². The van der Waals surface area contributed by atoms with Crippen molar-refractivity contribution in [1.29, 1.82) is 5.26 Å². The third-order valence-electron chi connectivity index (χ3n) is 2.69. The van der Waals surface area contributed by atoms with Crippen LogP contribution in [0.4, 0.5) is 5.69 Å². The standard InChI is InChI=1S/C13H15ClN2O2/c1-13(2)17-8-10(18-13)7-16-12-4-3-9(6-15)5-11(12)14/h3-5,10,16H,7-8H2,1-2H3. The number of ether oxygens (including phenoxy) is 2. The van der Waals surface area contributed by atoms with Crippen molar-refractivity contribution in [3.63, 3.8) is 0 Å². The van der Waals surface area contributed by atoms with Gasteiger partial charge in [-0.1, -0.05) is 11.6 Å². The Labute approximate surface area is 111 Å². The average Bonchev–Trinajstić information content (AvgIpc) is 2.67. The second-order valence-corrected chi connectivity index (χ2v) is 5.05. The van der Waals surface area contributed by atoms with Crippen LogP contribution in [0.3, 0.4) is 0 Å². The molecule has 1 saturated heterocycles. The second kappa shape index (κ2) is 5.15. The highest BCUT2D eigenvalue weighted by molar-refractivity contribution is 6.33. The van der Waals surface area contributed by atoms with Crippen LogP contribution in [0, 0.1) is 11.3 Å². The van der Waals surface area contributed by atoms with E-state index in [4.69, 9.17) is 26.3 Å². The van der Waals surface area contributed by atoms with Gasteiger partial charge in [0.25, 0.3) is 0 Å². The van der Waals surface area contributed by atoms with Crippen LogP contribution in [0.2, 0.25) is 5.02 Å². The molecule has 0 spiro atoms. The summed E-state index contributed by atoms with van der Waals surface area (Å²) in [6.07, 6.45) is 0.00621. The van der Waals surface area contributed by atoms with Crippen molar-refractivity contribution in [2.45, 2.75) is 25.7 Å². The van der Waals surface area contributed by atoms with E-state index in [1.165, 1.54) is 0 Å². The Bertz CT molecular complexity index is 482. The number of hydrogen-bond donors (Lipinski definition) is 1. The van der Waals surface area contributed by atoms with Crippen molar-refractivity contribution in [1.82, 2.24) is 0 Å². The molecule has 2 rings (SSSR count). The number of anilines is 1. The molecule has 1 aliphatic heterocycles. The Kier molecular flexibility index (Phi) is 3.76. The molecule has 0 amide bonds. The van der Waals surface area contributed by atoms with Crippen molar-refractivity contribution in [3.05, 3.63) is 28.8 Å². The number of halogens is 1. The molecule has 1 fully saturated rings. The topological polar surface area (TPSA) is 54.3 Å². The van der Waals surface area contributed by atoms with Crippen LogP contribution in [-0.4, -0.2) is 25.0 Å². The molecule has 1 atom stereocenters. The summed E-state index contributed by atoms with van der Waals surface area (Å²) in [7, 11) is 0. The van der Waals surface area contributed by atoms with Crippen LogP contribution in [0.5, 0.6) is 0 Å². The number of rotatable bonds is 3. The van der Waals surface area contributed by atoms with E-state index in [-0.39, 0.29) is 6.10 Å². The second-order valence-electron chi connectivity index (χ2n) is 4.64. The molecule has 0 aliphatic carbocycles. The van der Waals surface area contributed by atoms with E-state index >= 15 is 0 Å². The van der Waals surface area contributed by atoms with Gasteiger partial charge < -0.3 is 14.8 Å². The number of nitrogens with one attached hydrogen (secondary N) is 1. The lowest BCUT2D eigenvalue weighted by atomic mass is 10.2. The SMILES string of the molecule is CC1(C)OCC(CNc2ccc(C#N)cc2Cl)O1. The van der Waals surface area contributed by atoms with Gasteiger partial charge >= 0.3 is 0 Å². The molecule has 1 unspecified atom stereocenters. The minimum Gasteiger partial charge on any atom is -0.381 e. The molecule has 1 aliphatic rings. The summed E-state index contributed by atoms with van der Waals surface area (Å²) in [6.45, 7) is 4.96. The fraction of sp³-hybridized carbons (Fsp3) is 0.462. The highest BCUT2D eigenvalue weighted by atomic mass is 35.5. The van der Waals surface area contributed by atoms with E-state index < -0.39 is 5.79 Å². The third-order valence-corrected chi connectivity index (χ3v) is 3.00. The summed E-state index contributed by atoms with van der Waals surface area (Å²) in [5.41, 5.74) is 1.34. The van der Waals surface area contributed by atoms with E-state index in [1.54, 1.807) is 18.2 Å². The molecule has 4 nitrogen and oxygen atoms in total. The zero-order chi connectivity index (χ0) is 13.2. The summed E-state index contributed by atoms with van der Waals surface area (Å²) < 4.78 is 11.1. The molecule has 1 heterocycles. The Balaban J connectivity index is 1.93. The number of nitriles is 1. The molecule has 0 aromatic heterocycles. The van der Waals surface area contributed by atoms with Crippen molar-refractivity contribution in [2.24, 2.45) is 0 Å². The quantitative estimate of drug-likeness (QED) is 0.914. The van der Waals surface area contributed by atoms with Crippen LogP contribution in [0.25, 0.3) is 0 Å². The molecule has 1 aromatic rings. The van der Waals surface area contributed by atoms with Gasteiger partial charge in [0.2, 0.25) is 0 Å². The van der Waals surface area contributed by atoms with Gasteiger partial charge in [0, 0.05) is 6.54 Å². The van der Waals surface area contributed by atoms with Gasteiger partial charge in [0.15, 0.2) is 5.79 Å². The minimum atomic E-state index is -0.513. The number of benzene rings is 1. The Morgan fingerprint density at radius 1 is 1.56 bits per heavy atom. The molecular weight excluding hydrogens is 252 g/mol. The first-order chi connectivity index (χ1) is 8.50. The first-order valence-corrected chi connectivity index (χ1v) is 6.13. The maximum absolute atomic E-state index is 8.75. The van der Waals surface area contributed by atoms with Crippen LogP contribution in [0.1, 0.15) is 19.4 Å². The summed E-state index contributed by atoms with van der Waals surface area (Å²) >= 11 is 6.06. The van der Waals surface area contributed by atoms with Gasteiger partial charge in [-0.05, 0) is 32.0 Å². The van der Waals surface area contributed by atoms with Crippen LogP contribution >= 0.6 is 11.6 Å². The summed E-state index contributed by atoms with van der Waals surface area (Å²) in [5.74, 6) is -0.513.